The minimum absolute atomic E-state index is 0.0164. The van der Waals surface area contributed by atoms with Gasteiger partial charge in [0.15, 0.2) is 5.78 Å². The van der Waals surface area contributed by atoms with E-state index < -0.39 is 0 Å². The number of hydrogen-bond donors (Lipinski definition) is 2. The molecule has 0 aromatic heterocycles. The highest BCUT2D eigenvalue weighted by Gasteiger charge is 2.21. The molecule has 1 aliphatic rings. The van der Waals surface area contributed by atoms with Crippen LogP contribution in [0.2, 0.25) is 0 Å². The van der Waals surface area contributed by atoms with Crippen molar-refractivity contribution >= 4 is 23.9 Å². The highest BCUT2D eigenvalue weighted by Crippen LogP contribution is 2.22. The highest BCUT2D eigenvalue weighted by atomic mass is 16.3. The number of aldehydes is 1. The summed E-state index contributed by atoms with van der Waals surface area (Å²) in [4.78, 5) is 41.8. The number of piperidine rings is 1. The number of phenolic OH excluding ortho intramolecular Hbond substituents is 1. The number of phenols is 1. The fraction of sp³-hybridized carbons (Fsp3) is 0.500. The fourth-order valence-corrected chi connectivity index (χ4v) is 2.14. The van der Waals surface area contributed by atoms with E-state index in [4.69, 9.17) is 4.79 Å². The minimum Gasteiger partial charge on any atom is -0.508 e. The number of amides is 2. The molecule has 1 aromatic rings. The molecule has 1 fully saturated rings. The van der Waals surface area contributed by atoms with Crippen LogP contribution in [0.5, 0.6) is 5.75 Å². The maximum atomic E-state index is 11.8. The van der Waals surface area contributed by atoms with Crippen LogP contribution in [0.25, 0.3) is 0 Å². The van der Waals surface area contributed by atoms with E-state index >= 15 is 0 Å². The average molecular weight is 363 g/mol. The first-order valence-corrected chi connectivity index (χ1v) is 8.75. The monoisotopic (exact) mass is 363 g/mol. The first-order chi connectivity index (χ1) is 12.2. The standard InChI is InChI=1S/C12H16O2.C6H9NO2.C2H4O/c1-4-8(2)12(14)10-6-5-7-11(13)9(10)3;1-4-2-3-5(8)7-6(4)9;1-2-3/h5-8,13H,4H2,1-3H3;4H,2-3H2,1H3,(H,7,8,9);2H,1H3. The zero-order chi connectivity index (χ0) is 20.3. The van der Waals surface area contributed by atoms with Crippen LogP contribution < -0.4 is 5.32 Å². The third-order valence-corrected chi connectivity index (χ3v) is 4.15. The van der Waals surface area contributed by atoms with E-state index in [1.165, 1.54) is 6.92 Å². The van der Waals surface area contributed by atoms with E-state index in [1.54, 1.807) is 25.1 Å². The second kappa shape index (κ2) is 12.0. The van der Waals surface area contributed by atoms with Crippen LogP contribution in [-0.4, -0.2) is 29.0 Å². The molecule has 6 nitrogen and oxygen atoms in total. The normalized spacial score (nSPS) is 16.9. The van der Waals surface area contributed by atoms with Crippen molar-refractivity contribution in [1.29, 1.82) is 0 Å². The van der Waals surface area contributed by atoms with Crippen LogP contribution >= 0.6 is 0 Å². The SMILES string of the molecule is CC1CCC(=O)NC1=O.CC=O.CCC(C)C(=O)c1cccc(O)c1C. The van der Waals surface area contributed by atoms with Crippen LogP contribution in [0.15, 0.2) is 18.2 Å². The number of imide groups is 1. The Hall–Kier alpha value is -2.50. The Morgan fingerprint density at radius 1 is 1.38 bits per heavy atom. The lowest BCUT2D eigenvalue weighted by Gasteiger charge is -2.15. The van der Waals surface area contributed by atoms with Crippen molar-refractivity contribution in [3.05, 3.63) is 29.3 Å². The molecule has 1 heterocycles. The Labute approximate surface area is 155 Å². The topological polar surface area (TPSA) is 101 Å². The van der Waals surface area contributed by atoms with Gasteiger partial charge in [-0.3, -0.25) is 19.7 Å². The van der Waals surface area contributed by atoms with Gasteiger partial charge < -0.3 is 9.90 Å². The first-order valence-electron chi connectivity index (χ1n) is 8.75. The maximum Gasteiger partial charge on any atom is 0.229 e. The molecule has 0 bridgehead atoms. The molecule has 2 unspecified atom stereocenters. The molecule has 2 rings (SSSR count). The molecule has 0 radical (unpaired) electrons. The summed E-state index contributed by atoms with van der Waals surface area (Å²) in [5, 5.41) is 11.7. The molecule has 26 heavy (non-hydrogen) atoms. The number of rotatable bonds is 3. The van der Waals surface area contributed by atoms with Crippen molar-refractivity contribution in [2.45, 2.75) is 53.9 Å². The van der Waals surface area contributed by atoms with Gasteiger partial charge in [0, 0.05) is 29.4 Å². The summed E-state index contributed by atoms with van der Waals surface area (Å²) in [6, 6.07) is 5.07. The van der Waals surface area contributed by atoms with Crippen LogP contribution in [0.4, 0.5) is 0 Å². The van der Waals surface area contributed by atoms with Crippen molar-refractivity contribution in [1.82, 2.24) is 5.32 Å². The second-order valence-electron chi connectivity index (χ2n) is 6.21. The minimum atomic E-state index is -0.141. The zero-order valence-electron chi connectivity index (χ0n) is 16.2. The number of carbonyl (C=O) groups is 4. The Bertz CT molecular complexity index is 639. The highest BCUT2D eigenvalue weighted by molar-refractivity contribution is 5.99. The van der Waals surface area contributed by atoms with E-state index in [1.807, 2.05) is 20.8 Å². The number of nitrogens with one attached hydrogen (secondary N) is 1. The number of carbonyl (C=O) groups excluding carboxylic acids is 4. The van der Waals surface area contributed by atoms with Crippen molar-refractivity contribution in [3.8, 4) is 5.75 Å². The molecule has 2 amide bonds. The van der Waals surface area contributed by atoms with E-state index in [0.29, 0.717) is 24.0 Å². The summed E-state index contributed by atoms with van der Waals surface area (Å²) < 4.78 is 0. The predicted molar refractivity (Wildman–Crippen MR) is 99.9 cm³/mol. The molecule has 2 atom stereocenters. The van der Waals surface area contributed by atoms with Gasteiger partial charge in [-0.15, -0.1) is 0 Å². The van der Waals surface area contributed by atoms with Gasteiger partial charge in [0.05, 0.1) is 0 Å². The van der Waals surface area contributed by atoms with Gasteiger partial charge in [-0.1, -0.05) is 32.9 Å². The van der Waals surface area contributed by atoms with E-state index in [2.05, 4.69) is 5.32 Å². The Morgan fingerprint density at radius 2 is 1.96 bits per heavy atom. The summed E-state index contributed by atoms with van der Waals surface area (Å²) in [5.74, 6) is 0.0719. The number of Topliss-reactive ketones (excluding diaryl/α,β-unsaturated/α-hetero) is 1. The van der Waals surface area contributed by atoms with E-state index in [9.17, 15) is 19.5 Å². The number of benzene rings is 1. The maximum absolute atomic E-state index is 11.8. The van der Waals surface area contributed by atoms with Crippen molar-refractivity contribution < 1.29 is 24.3 Å². The Morgan fingerprint density at radius 3 is 2.42 bits per heavy atom. The molecule has 6 heteroatoms. The van der Waals surface area contributed by atoms with E-state index in [-0.39, 0.29) is 35.2 Å². The smallest absolute Gasteiger partial charge is 0.229 e. The number of ketones is 1. The quantitative estimate of drug-likeness (QED) is 0.488. The predicted octanol–water partition coefficient (Wildman–Crippen LogP) is 3.19. The zero-order valence-corrected chi connectivity index (χ0v) is 16.2. The second-order valence-corrected chi connectivity index (χ2v) is 6.21. The van der Waals surface area contributed by atoms with Crippen LogP contribution in [-0.2, 0) is 14.4 Å². The summed E-state index contributed by atoms with van der Waals surface area (Å²) in [5.41, 5.74) is 1.32. The van der Waals surface area contributed by atoms with E-state index in [0.717, 1.165) is 12.7 Å². The molecule has 0 saturated carbocycles. The summed E-state index contributed by atoms with van der Waals surface area (Å²) >= 11 is 0. The molecule has 144 valence electrons. The van der Waals surface area contributed by atoms with Gasteiger partial charge in [-0.05, 0) is 32.8 Å². The summed E-state index contributed by atoms with van der Waals surface area (Å²) in [7, 11) is 0. The third kappa shape index (κ3) is 7.59. The lowest BCUT2D eigenvalue weighted by molar-refractivity contribution is -0.135. The number of aromatic hydroxyl groups is 1. The molecular formula is C20H29NO5. The van der Waals surface area contributed by atoms with Crippen LogP contribution in [0.1, 0.15) is 62.9 Å². The van der Waals surface area contributed by atoms with Gasteiger partial charge in [-0.25, -0.2) is 0 Å². The van der Waals surface area contributed by atoms with Crippen molar-refractivity contribution in [3.63, 3.8) is 0 Å². The average Bonchev–Trinajstić information content (AvgIpc) is 2.61. The fourth-order valence-electron chi connectivity index (χ4n) is 2.14. The van der Waals surface area contributed by atoms with Crippen molar-refractivity contribution in [2.75, 3.05) is 0 Å². The first kappa shape index (κ1) is 23.5. The molecule has 0 spiro atoms. The number of hydrogen-bond acceptors (Lipinski definition) is 5. The van der Waals surface area contributed by atoms with Crippen molar-refractivity contribution in [2.24, 2.45) is 11.8 Å². The summed E-state index contributed by atoms with van der Waals surface area (Å²) in [6.45, 7) is 8.93. The Balaban J connectivity index is 0.000000446. The molecule has 0 aliphatic carbocycles. The van der Waals surface area contributed by atoms with Gasteiger partial charge in [0.1, 0.15) is 12.0 Å². The largest absolute Gasteiger partial charge is 0.508 e. The van der Waals surface area contributed by atoms with Gasteiger partial charge >= 0.3 is 0 Å². The molecule has 1 aliphatic heterocycles. The molecule has 1 saturated heterocycles. The van der Waals surface area contributed by atoms with Gasteiger partial charge in [0.2, 0.25) is 11.8 Å². The van der Waals surface area contributed by atoms with Gasteiger partial charge in [-0.2, -0.15) is 0 Å². The van der Waals surface area contributed by atoms with Crippen LogP contribution in [0, 0.1) is 18.8 Å². The molecule has 2 N–H and O–H groups in total. The Kier molecular flexibility index (Phi) is 10.8. The van der Waals surface area contributed by atoms with Gasteiger partial charge in [0.25, 0.3) is 0 Å². The summed E-state index contributed by atoms with van der Waals surface area (Å²) in [6.07, 6.45) is 2.77. The molecular weight excluding hydrogens is 334 g/mol. The van der Waals surface area contributed by atoms with Crippen LogP contribution in [0.3, 0.4) is 0 Å². The lowest BCUT2D eigenvalue weighted by atomic mass is 9.94. The lowest BCUT2D eigenvalue weighted by Crippen LogP contribution is -2.39. The third-order valence-electron chi connectivity index (χ3n) is 4.15. The molecule has 1 aromatic carbocycles.